The fraction of sp³-hybridized carbons (Fsp3) is 0.235. The van der Waals surface area contributed by atoms with Gasteiger partial charge in [0.15, 0.2) is 0 Å². The summed E-state index contributed by atoms with van der Waals surface area (Å²) < 4.78 is 14.5. The molecule has 5 heteroatoms. The first-order chi connectivity index (χ1) is 10.5. The second-order valence-corrected chi connectivity index (χ2v) is 6.08. The Morgan fingerprint density at radius 1 is 1.18 bits per heavy atom. The van der Waals surface area contributed by atoms with Crippen LogP contribution in [-0.4, -0.2) is 24.4 Å². The quantitative estimate of drug-likeness (QED) is 0.852. The van der Waals surface area contributed by atoms with Crippen LogP contribution in [0.5, 0.6) is 0 Å². The van der Waals surface area contributed by atoms with Crippen LogP contribution in [0, 0.1) is 5.82 Å². The van der Waals surface area contributed by atoms with Gasteiger partial charge in [-0.3, -0.25) is 9.69 Å². The molecule has 0 saturated heterocycles. The van der Waals surface area contributed by atoms with E-state index in [1.807, 2.05) is 36.2 Å². The Morgan fingerprint density at radius 3 is 2.55 bits per heavy atom. The summed E-state index contributed by atoms with van der Waals surface area (Å²) in [7, 11) is 1.88. The number of likely N-dealkylation sites (N-methyl/N-ethyl adjacent to an activating group) is 1. The lowest BCUT2D eigenvalue weighted by atomic mass is 10.2. The van der Waals surface area contributed by atoms with Gasteiger partial charge in [0.05, 0.1) is 6.54 Å². The van der Waals surface area contributed by atoms with Crippen molar-refractivity contribution in [1.29, 1.82) is 0 Å². The number of nitrogens with one attached hydrogen (secondary N) is 1. The van der Waals surface area contributed by atoms with Gasteiger partial charge in [-0.15, -0.1) is 0 Å². The zero-order chi connectivity index (χ0) is 15.9. The van der Waals surface area contributed by atoms with E-state index in [9.17, 15) is 9.18 Å². The summed E-state index contributed by atoms with van der Waals surface area (Å²) in [6.45, 7) is 1.16. The standard InChI is InChI=1S/C17H18BrFN2O/c1-21(11-13-6-8-15(18)9-7-13)12-17(22)20-10-14-4-2-3-5-16(14)19/h2-9H,10-12H2,1H3,(H,20,22). The summed E-state index contributed by atoms with van der Waals surface area (Å²) in [5.74, 6) is -0.422. The van der Waals surface area contributed by atoms with E-state index >= 15 is 0 Å². The maximum atomic E-state index is 13.5. The number of carbonyl (C=O) groups excluding carboxylic acids is 1. The first kappa shape index (κ1) is 16.6. The van der Waals surface area contributed by atoms with Crippen molar-refractivity contribution in [3.8, 4) is 0 Å². The van der Waals surface area contributed by atoms with Crippen molar-refractivity contribution in [2.75, 3.05) is 13.6 Å². The number of rotatable bonds is 6. The number of hydrogen-bond donors (Lipinski definition) is 1. The van der Waals surface area contributed by atoms with E-state index in [0.717, 1.165) is 10.0 Å². The lowest BCUT2D eigenvalue weighted by molar-refractivity contribution is -0.122. The van der Waals surface area contributed by atoms with Gasteiger partial charge in [-0.2, -0.15) is 0 Å². The third-order valence-electron chi connectivity index (χ3n) is 3.21. The van der Waals surface area contributed by atoms with Gasteiger partial charge in [0.2, 0.25) is 5.91 Å². The van der Waals surface area contributed by atoms with Crippen molar-refractivity contribution in [3.63, 3.8) is 0 Å². The van der Waals surface area contributed by atoms with Crippen molar-refractivity contribution < 1.29 is 9.18 Å². The Balaban J connectivity index is 1.79. The maximum Gasteiger partial charge on any atom is 0.234 e. The third kappa shape index (κ3) is 5.24. The highest BCUT2D eigenvalue weighted by molar-refractivity contribution is 9.10. The summed E-state index contributed by atoms with van der Waals surface area (Å²) in [6.07, 6.45) is 0. The molecule has 0 fully saturated rings. The highest BCUT2D eigenvalue weighted by Crippen LogP contribution is 2.11. The fourth-order valence-corrected chi connectivity index (χ4v) is 2.36. The summed E-state index contributed by atoms with van der Waals surface area (Å²) in [5, 5.41) is 2.74. The molecule has 22 heavy (non-hydrogen) atoms. The summed E-state index contributed by atoms with van der Waals surface area (Å²) in [5.41, 5.74) is 1.62. The minimum absolute atomic E-state index is 0.122. The van der Waals surface area contributed by atoms with Crippen LogP contribution in [0.2, 0.25) is 0 Å². The lowest BCUT2D eigenvalue weighted by Gasteiger charge is -2.16. The number of hydrogen-bond acceptors (Lipinski definition) is 2. The Labute approximate surface area is 138 Å². The van der Waals surface area contributed by atoms with Crippen LogP contribution in [0.25, 0.3) is 0 Å². The van der Waals surface area contributed by atoms with E-state index in [0.29, 0.717) is 12.1 Å². The molecule has 0 aliphatic heterocycles. The van der Waals surface area contributed by atoms with Crippen LogP contribution in [0.15, 0.2) is 53.0 Å². The molecule has 1 N–H and O–H groups in total. The third-order valence-corrected chi connectivity index (χ3v) is 3.74. The number of benzene rings is 2. The molecule has 1 amide bonds. The van der Waals surface area contributed by atoms with Gasteiger partial charge in [-0.05, 0) is 30.8 Å². The number of amides is 1. The minimum atomic E-state index is -0.300. The van der Waals surface area contributed by atoms with E-state index in [4.69, 9.17) is 0 Å². The normalized spacial score (nSPS) is 10.7. The molecule has 0 aromatic heterocycles. The van der Waals surface area contributed by atoms with E-state index < -0.39 is 0 Å². The molecule has 0 heterocycles. The first-order valence-electron chi connectivity index (χ1n) is 6.97. The Kier molecular flexibility index (Phi) is 6.10. The van der Waals surface area contributed by atoms with Gasteiger partial charge >= 0.3 is 0 Å². The van der Waals surface area contributed by atoms with Gasteiger partial charge in [0.1, 0.15) is 5.82 Å². The van der Waals surface area contributed by atoms with Crippen molar-refractivity contribution in [2.45, 2.75) is 13.1 Å². The smallest absolute Gasteiger partial charge is 0.234 e. The maximum absolute atomic E-state index is 13.5. The lowest BCUT2D eigenvalue weighted by Crippen LogP contribution is -2.34. The minimum Gasteiger partial charge on any atom is -0.351 e. The number of nitrogens with zero attached hydrogens (tertiary/aromatic N) is 1. The molecular formula is C17H18BrFN2O. The van der Waals surface area contributed by atoms with Gasteiger partial charge in [0, 0.05) is 23.1 Å². The SMILES string of the molecule is CN(CC(=O)NCc1ccccc1F)Cc1ccc(Br)cc1. The molecule has 2 aromatic carbocycles. The Morgan fingerprint density at radius 2 is 1.86 bits per heavy atom. The van der Waals surface area contributed by atoms with Gasteiger partial charge in [0.25, 0.3) is 0 Å². The highest BCUT2D eigenvalue weighted by atomic mass is 79.9. The molecule has 0 saturated carbocycles. The molecule has 0 spiro atoms. The molecule has 0 aliphatic carbocycles. The van der Waals surface area contributed by atoms with Gasteiger partial charge in [-0.1, -0.05) is 46.3 Å². The molecule has 0 atom stereocenters. The predicted molar refractivity (Wildman–Crippen MR) is 88.7 cm³/mol. The van der Waals surface area contributed by atoms with Crippen molar-refractivity contribution in [3.05, 3.63) is 69.9 Å². The topological polar surface area (TPSA) is 32.3 Å². The molecule has 0 bridgehead atoms. The predicted octanol–water partition coefficient (Wildman–Crippen LogP) is 3.34. The average molecular weight is 365 g/mol. The summed E-state index contributed by atoms with van der Waals surface area (Å²) in [4.78, 5) is 13.8. The Bertz CT molecular complexity index is 631. The monoisotopic (exact) mass is 364 g/mol. The molecule has 3 nitrogen and oxygen atoms in total. The van der Waals surface area contributed by atoms with E-state index in [-0.39, 0.29) is 24.8 Å². The molecule has 2 rings (SSSR count). The van der Waals surface area contributed by atoms with Crippen LogP contribution in [0.1, 0.15) is 11.1 Å². The van der Waals surface area contributed by atoms with Gasteiger partial charge in [-0.25, -0.2) is 4.39 Å². The van der Waals surface area contributed by atoms with Crippen LogP contribution in [0.4, 0.5) is 4.39 Å². The van der Waals surface area contributed by atoms with Crippen molar-refractivity contribution in [2.24, 2.45) is 0 Å². The fourth-order valence-electron chi connectivity index (χ4n) is 2.09. The van der Waals surface area contributed by atoms with Crippen molar-refractivity contribution >= 4 is 21.8 Å². The van der Waals surface area contributed by atoms with Gasteiger partial charge < -0.3 is 5.32 Å². The largest absolute Gasteiger partial charge is 0.351 e. The highest BCUT2D eigenvalue weighted by Gasteiger charge is 2.08. The number of carbonyl (C=O) groups is 1. The van der Waals surface area contributed by atoms with E-state index in [1.165, 1.54) is 6.07 Å². The zero-order valence-corrected chi connectivity index (χ0v) is 13.9. The van der Waals surface area contributed by atoms with Crippen LogP contribution in [-0.2, 0) is 17.9 Å². The number of halogens is 2. The average Bonchev–Trinajstić information content (AvgIpc) is 2.49. The van der Waals surface area contributed by atoms with Crippen LogP contribution >= 0.6 is 15.9 Å². The van der Waals surface area contributed by atoms with Crippen molar-refractivity contribution in [1.82, 2.24) is 10.2 Å². The van der Waals surface area contributed by atoms with E-state index in [1.54, 1.807) is 18.2 Å². The molecule has 0 aliphatic rings. The summed E-state index contributed by atoms with van der Waals surface area (Å²) >= 11 is 3.39. The first-order valence-corrected chi connectivity index (χ1v) is 7.77. The second-order valence-electron chi connectivity index (χ2n) is 5.17. The molecular weight excluding hydrogens is 347 g/mol. The second kappa shape index (κ2) is 8.06. The van der Waals surface area contributed by atoms with Crippen LogP contribution < -0.4 is 5.32 Å². The molecule has 0 radical (unpaired) electrons. The molecule has 0 unspecified atom stereocenters. The zero-order valence-electron chi connectivity index (χ0n) is 12.4. The Hall–Kier alpha value is -1.72. The molecule has 2 aromatic rings. The molecule has 116 valence electrons. The summed E-state index contributed by atoms with van der Waals surface area (Å²) in [6, 6.07) is 14.4. The van der Waals surface area contributed by atoms with E-state index in [2.05, 4.69) is 21.2 Å². The van der Waals surface area contributed by atoms with Crippen LogP contribution in [0.3, 0.4) is 0 Å².